The second kappa shape index (κ2) is 6.26. The minimum atomic E-state index is -0.191. The molecule has 0 bridgehead atoms. The number of benzene rings is 1. The molecule has 1 aliphatic rings. The van der Waals surface area contributed by atoms with Gasteiger partial charge < -0.3 is 16.0 Å². The maximum atomic E-state index is 12.2. The van der Waals surface area contributed by atoms with Crippen LogP contribution in [0.2, 0.25) is 0 Å². The third-order valence-electron chi connectivity index (χ3n) is 3.28. The maximum Gasteiger partial charge on any atom is 0.252 e. The number of nitrogens with one attached hydrogen (secondary N) is 1. The van der Waals surface area contributed by atoms with Crippen LogP contribution < -0.4 is 11.1 Å². The summed E-state index contributed by atoms with van der Waals surface area (Å²) in [4.78, 5) is 25.5. The smallest absolute Gasteiger partial charge is 0.252 e. The number of carbonyl (C=O) groups is 2. The van der Waals surface area contributed by atoms with Gasteiger partial charge in [0.2, 0.25) is 5.91 Å². The first-order valence-electron chi connectivity index (χ1n) is 6.61. The molecule has 3 N–H and O–H groups in total. The van der Waals surface area contributed by atoms with E-state index in [0.717, 1.165) is 13.0 Å². The molecule has 20 heavy (non-hydrogen) atoms. The van der Waals surface area contributed by atoms with Crippen LogP contribution in [-0.2, 0) is 4.79 Å². The van der Waals surface area contributed by atoms with Crippen LogP contribution in [0, 0.1) is 0 Å². The van der Waals surface area contributed by atoms with Gasteiger partial charge in [0.15, 0.2) is 0 Å². The van der Waals surface area contributed by atoms with Crippen LogP contribution in [0.4, 0.5) is 5.69 Å². The molecule has 1 aromatic carbocycles. The van der Waals surface area contributed by atoms with E-state index in [1.54, 1.807) is 23.1 Å². The molecule has 1 fully saturated rings. The van der Waals surface area contributed by atoms with Crippen molar-refractivity contribution in [1.29, 1.82) is 0 Å². The zero-order valence-corrected chi connectivity index (χ0v) is 12.9. The van der Waals surface area contributed by atoms with Gasteiger partial charge in [-0.1, -0.05) is 0 Å². The van der Waals surface area contributed by atoms with E-state index in [9.17, 15) is 9.59 Å². The topological polar surface area (TPSA) is 75.4 Å². The van der Waals surface area contributed by atoms with Crippen LogP contribution >= 0.6 is 15.9 Å². The van der Waals surface area contributed by atoms with Crippen molar-refractivity contribution in [2.75, 3.05) is 18.8 Å². The van der Waals surface area contributed by atoms with Crippen molar-refractivity contribution in [3.63, 3.8) is 0 Å². The van der Waals surface area contributed by atoms with E-state index >= 15 is 0 Å². The maximum absolute atomic E-state index is 12.2. The highest BCUT2D eigenvalue weighted by molar-refractivity contribution is 9.10. The molecular weight excluding hydrogens is 322 g/mol. The van der Waals surface area contributed by atoms with Gasteiger partial charge in [-0.2, -0.15) is 0 Å². The molecule has 5 nitrogen and oxygen atoms in total. The average molecular weight is 340 g/mol. The lowest BCUT2D eigenvalue weighted by molar-refractivity contribution is -0.127. The Labute approximate surface area is 126 Å². The lowest BCUT2D eigenvalue weighted by atomic mass is 10.1. The van der Waals surface area contributed by atoms with Gasteiger partial charge >= 0.3 is 0 Å². The first-order chi connectivity index (χ1) is 9.47. The molecule has 0 spiro atoms. The van der Waals surface area contributed by atoms with Crippen molar-refractivity contribution in [3.8, 4) is 0 Å². The second-order valence-corrected chi connectivity index (χ2v) is 5.91. The van der Waals surface area contributed by atoms with Crippen LogP contribution in [0.3, 0.4) is 0 Å². The van der Waals surface area contributed by atoms with Crippen LogP contribution in [0.15, 0.2) is 22.7 Å². The molecule has 1 saturated heterocycles. The van der Waals surface area contributed by atoms with Crippen LogP contribution in [0.25, 0.3) is 0 Å². The lowest BCUT2D eigenvalue weighted by Crippen LogP contribution is -2.42. The fraction of sp³-hybridized carbons (Fsp3) is 0.429. The molecule has 0 radical (unpaired) electrons. The summed E-state index contributed by atoms with van der Waals surface area (Å²) in [6, 6.07) is 5.01. The summed E-state index contributed by atoms with van der Waals surface area (Å²) >= 11 is 3.34. The number of rotatable bonds is 4. The van der Waals surface area contributed by atoms with E-state index in [2.05, 4.69) is 21.2 Å². The van der Waals surface area contributed by atoms with Crippen molar-refractivity contribution < 1.29 is 9.59 Å². The van der Waals surface area contributed by atoms with Gasteiger partial charge in [0.25, 0.3) is 5.91 Å². The summed E-state index contributed by atoms with van der Waals surface area (Å²) in [5.41, 5.74) is 6.74. The quantitative estimate of drug-likeness (QED) is 0.821. The molecule has 0 aromatic heterocycles. The Balaban J connectivity index is 1.96. The third kappa shape index (κ3) is 3.50. The lowest BCUT2D eigenvalue weighted by Gasteiger charge is -2.22. The van der Waals surface area contributed by atoms with E-state index in [1.165, 1.54) is 0 Å². The van der Waals surface area contributed by atoms with Gasteiger partial charge in [0, 0.05) is 35.7 Å². The average Bonchev–Trinajstić information content (AvgIpc) is 2.77. The van der Waals surface area contributed by atoms with Gasteiger partial charge in [-0.15, -0.1) is 0 Å². The number of anilines is 1. The highest BCUT2D eigenvalue weighted by Gasteiger charge is 2.22. The van der Waals surface area contributed by atoms with Gasteiger partial charge in [-0.3, -0.25) is 9.59 Å². The van der Waals surface area contributed by atoms with Gasteiger partial charge in [-0.25, -0.2) is 0 Å². The zero-order valence-electron chi connectivity index (χ0n) is 11.4. The van der Waals surface area contributed by atoms with Crippen molar-refractivity contribution in [3.05, 3.63) is 28.2 Å². The van der Waals surface area contributed by atoms with Gasteiger partial charge in [-0.05, 0) is 47.5 Å². The van der Waals surface area contributed by atoms with E-state index < -0.39 is 0 Å². The second-order valence-electron chi connectivity index (χ2n) is 5.06. The minimum Gasteiger partial charge on any atom is -0.399 e. The highest BCUT2D eigenvalue weighted by Crippen LogP contribution is 2.19. The Kier molecular flexibility index (Phi) is 4.65. The largest absolute Gasteiger partial charge is 0.399 e. The number of nitrogens with zero attached hydrogens (tertiary/aromatic N) is 1. The summed E-state index contributed by atoms with van der Waals surface area (Å²) in [6.45, 7) is 3.22. The molecule has 2 rings (SSSR count). The third-order valence-corrected chi connectivity index (χ3v) is 3.97. The van der Waals surface area contributed by atoms with Crippen LogP contribution in [0.5, 0.6) is 0 Å². The fourth-order valence-electron chi connectivity index (χ4n) is 2.29. The summed E-state index contributed by atoms with van der Waals surface area (Å²) in [7, 11) is 0. The SMILES string of the molecule is CC(CN1CCCC1=O)NC(=O)c1cc(N)ccc1Br. The van der Waals surface area contributed by atoms with Crippen molar-refractivity contribution >= 4 is 33.4 Å². The Bertz CT molecular complexity index is 533. The summed E-state index contributed by atoms with van der Waals surface area (Å²) in [6.07, 6.45) is 1.52. The molecule has 1 unspecified atom stereocenters. The van der Waals surface area contributed by atoms with Crippen molar-refractivity contribution in [2.24, 2.45) is 0 Å². The number of hydrogen-bond donors (Lipinski definition) is 2. The number of hydrogen-bond acceptors (Lipinski definition) is 3. The van der Waals surface area contributed by atoms with Crippen molar-refractivity contribution in [2.45, 2.75) is 25.8 Å². The predicted octanol–water partition coefficient (Wildman–Crippen LogP) is 1.77. The number of nitrogens with two attached hydrogens (primary N) is 1. The molecule has 1 aromatic rings. The molecular formula is C14H18BrN3O2. The van der Waals surface area contributed by atoms with Crippen molar-refractivity contribution in [1.82, 2.24) is 10.2 Å². The van der Waals surface area contributed by atoms with E-state index in [1.807, 2.05) is 6.92 Å². The molecule has 1 atom stereocenters. The number of carbonyl (C=O) groups excluding carboxylic acids is 2. The first kappa shape index (κ1) is 14.8. The highest BCUT2D eigenvalue weighted by atomic mass is 79.9. The Hall–Kier alpha value is -1.56. The normalized spacial score (nSPS) is 16.3. The number of nitrogen functional groups attached to an aromatic ring is 1. The first-order valence-corrected chi connectivity index (χ1v) is 7.40. The minimum absolute atomic E-state index is 0.0992. The number of likely N-dealkylation sites (tertiary alicyclic amines) is 1. The number of halogens is 1. The zero-order chi connectivity index (χ0) is 14.7. The van der Waals surface area contributed by atoms with Gasteiger partial charge in [0.1, 0.15) is 0 Å². The molecule has 2 amide bonds. The van der Waals surface area contributed by atoms with E-state index in [4.69, 9.17) is 5.73 Å². The standard InChI is InChI=1S/C14H18BrN3O2/c1-9(8-18-6-2-3-13(18)19)17-14(20)11-7-10(16)4-5-12(11)15/h4-5,7,9H,2-3,6,8,16H2,1H3,(H,17,20). The summed E-state index contributed by atoms with van der Waals surface area (Å²) in [5, 5.41) is 2.89. The van der Waals surface area contributed by atoms with Crippen LogP contribution in [0.1, 0.15) is 30.1 Å². The van der Waals surface area contributed by atoms with Gasteiger partial charge in [0.05, 0.1) is 5.56 Å². The molecule has 0 aliphatic carbocycles. The van der Waals surface area contributed by atoms with E-state index in [-0.39, 0.29) is 17.9 Å². The monoisotopic (exact) mass is 339 g/mol. The van der Waals surface area contributed by atoms with E-state index in [0.29, 0.717) is 28.7 Å². The Morgan fingerprint density at radius 1 is 1.55 bits per heavy atom. The predicted molar refractivity (Wildman–Crippen MR) is 81.3 cm³/mol. The fourth-order valence-corrected chi connectivity index (χ4v) is 2.72. The number of amides is 2. The summed E-state index contributed by atoms with van der Waals surface area (Å²) < 4.78 is 0.702. The molecule has 0 saturated carbocycles. The molecule has 108 valence electrons. The molecule has 1 aliphatic heterocycles. The molecule has 6 heteroatoms. The Morgan fingerprint density at radius 2 is 2.30 bits per heavy atom. The Morgan fingerprint density at radius 3 is 2.95 bits per heavy atom. The van der Waals surface area contributed by atoms with Crippen LogP contribution in [-0.4, -0.2) is 35.8 Å². The molecule has 1 heterocycles. The summed E-state index contributed by atoms with van der Waals surface area (Å²) in [5.74, 6) is -0.0282.